The van der Waals surface area contributed by atoms with E-state index in [2.05, 4.69) is 0 Å². The molecule has 19 heavy (non-hydrogen) atoms. The Morgan fingerprint density at radius 3 is 2.53 bits per heavy atom. The number of benzene rings is 1. The van der Waals surface area contributed by atoms with E-state index < -0.39 is 18.0 Å². The van der Waals surface area contributed by atoms with Crippen LogP contribution in [-0.4, -0.2) is 46.7 Å². The average Bonchev–Trinajstić information content (AvgIpc) is 2.32. The Labute approximate surface area is 112 Å². The van der Waals surface area contributed by atoms with Gasteiger partial charge in [-0.2, -0.15) is 0 Å². The van der Waals surface area contributed by atoms with Crippen LogP contribution in [0.1, 0.15) is 17.5 Å². The fraction of sp³-hybridized carbons (Fsp3) is 0.429. The SMILES string of the molecule is Cc1cccc(CCN(C)C(CC(=O)O)C(=O)O)c1. The maximum absolute atomic E-state index is 11.0. The number of aryl methyl sites for hydroxylation is 1. The summed E-state index contributed by atoms with van der Waals surface area (Å²) in [7, 11) is 1.64. The van der Waals surface area contributed by atoms with Gasteiger partial charge in [0.25, 0.3) is 0 Å². The van der Waals surface area contributed by atoms with E-state index in [1.54, 1.807) is 11.9 Å². The summed E-state index contributed by atoms with van der Waals surface area (Å²) in [6.07, 6.45) is 0.307. The summed E-state index contributed by atoms with van der Waals surface area (Å²) in [5, 5.41) is 17.7. The van der Waals surface area contributed by atoms with Gasteiger partial charge in [0.1, 0.15) is 6.04 Å². The number of likely N-dealkylation sites (N-methyl/N-ethyl adjacent to an activating group) is 1. The van der Waals surface area contributed by atoms with Crippen LogP contribution in [0, 0.1) is 6.92 Å². The van der Waals surface area contributed by atoms with Crippen LogP contribution in [0.4, 0.5) is 0 Å². The van der Waals surface area contributed by atoms with Gasteiger partial charge in [-0.15, -0.1) is 0 Å². The number of nitrogens with zero attached hydrogens (tertiary/aromatic N) is 1. The average molecular weight is 265 g/mol. The molecule has 0 saturated heterocycles. The Bertz CT molecular complexity index is 459. The van der Waals surface area contributed by atoms with Crippen LogP contribution >= 0.6 is 0 Å². The van der Waals surface area contributed by atoms with Crippen molar-refractivity contribution in [3.05, 3.63) is 35.4 Å². The van der Waals surface area contributed by atoms with Crippen LogP contribution in [-0.2, 0) is 16.0 Å². The van der Waals surface area contributed by atoms with Gasteiger partial charge in [-0.1, -0.05) is 29.8 Å². The van der Waals surface area contributed by atoms with E-state index in [0.29, 0.717) is 13.0 Å². The summed E-state index contributed by atoms with van der Waals surface area (Å²) in [5.74, 6) is -2.20. The lowest BCUT2D eigenvalue weighted by Crippen LogP contribution is -2.41. The monoisotopic (exact) mass is 265 g/mol. The number of carboxylic acids is 2. The van der Waals surface area contributed by atoms with Crippen molar-refractivity contribution in [2.24, 2.45) is 0 Å². The molecule has 1 rings (SSSR count). The van der Waals surface area contributed by atoms with Gasteiger partial charge < -0.3 is 10.2 Å². The molecule has 1 aromatic carbocycles. The summed E-state index contributed by atoms with van der Waals surface area (Å²) >= 11 is 0. The van der Waals surface area contributed by atoms with Gasteiger partial charge in [0.05, 0.1) is 6.42 Å². The van der Waals surface area contributed by atoms with E-state index in [0.717, 1.165) is 11.1 Å². The first-order valence-corrected chi connectivity index (χ1v) is 6.10. The molecule has 0 saturated carbocycles. The van der Waals surface area contributed by atoms with Gasteiger partial charge in [0, 0.05) is 6.54 Å². The lowest BCUT2D eigenvalue weighted by atomic mass is 10.1. The van der Waals surface area contributed by atoms with Crippen LogP contribution in [0.2, 0.25) is 0 Å². The lowest BCUT2D eigenvalue weighted by molar-refractivity contribution is -0.149. The number of aliphatic carboxylic acids is 2. The molecule has 0 spiro atoms. The first kappa shape index (κ1) is 15.2. The Kier molecular flexibility index (Phi) is 5.51. The number of carbonyl (C=O) groups is 2. The molecule has 0 heterocycles. The first-order chi connectivity index (χ1) is 8.90. The van der Waals surface area contributed by atoms with Gasteiger partial charge in [-0.25, -0.2) is 0 Å². The molecule has 0 fully saturated rings. The molecule has 5 heteroatoms. The van der Waals surface area contributed by atoms with Crippen molar-refractivity contribution >= 4 is 11.9 Å². The number of carboxylic acid groups (broad SMARTS) is 2. The van der Waals surface area contributed by atoms with Crippen molar-refractivity contribution in [2.75, 3.05) is 13.6 Å². The zero-order chi connectivity index (χ0) is 14.4. The maximum atomic E-state index is 11.0. The summed E-state index contributed by atoms with van der Waals surface area (Å²) in [6, 6.07) is 6.99. The van der Waals surface area contributed by atoms with Crippen molar-refractivity contribution in [2.45, 2.75) is 25.8 Å². The predicted octanol–water partition coefficient (Wildman–Crippen LogP) is 1.40. The standard InChI is InChI=1S/C14H19NO4/c1-10-4-3-5-11(8-10)6-7-15(2)12(14(18)19)9-13(16)17/h3-5,8,12H,6-7,9H2,1-2H3,(H,16,17)(H,18,19). The van der Waals surface area contributed by atoms with Crippen molar-refractivity contribution in [1.29, 1.82) is 0 Å². The Morgan fingerprint density at radius 1 is 1.32 bits per heavy atom. The summed E-state index contributed by atoms with van der Waals surface area (Å²) in [6.45, 7) is 2.51. The van der Waals surface area contributed by atoms with Crippen molar-refractivity contribution in [3.63, 3.8) is 0 Å². The molecular formula is C14H19NO4. The maximum Gasteiger partial charge on any atom is 0.321 e. The van der Waals surface area contributed by atoms with E-state index in [1.807, 2.05) is 31.2 Å². The fourth-order valence-corrected chi connectivity index (χ4v) is 1.93. The van der Waals surface area contributed by atoms with Crippen molar-refractivity contribution < 1.29 is 19.8 Å². The Balaban J connectivity index is 2.59. The molecule has 0 aliphatic rings. The predicted molar refractivity (Wildman–Crippen MR) is 71.2 cm³/mol. The minimum atomic E-state index is -1.10. The highest BCUT2D eigenvalue weighted by Gasteiger charge is 2.25. The second-order valence-corrected chi connectivity index (χ2v) is 4.67. The highest BCUT2D eigenvalue weighted by Crippen LogP contribution is 2.08. The van der Waals surface area contributed by atoms with Crippen LogP contribution < -0.4 is 0 Å². The molecule has 1 unspecified atom stereocenters. The normalized spacial score (nSPS) is 12.4. The molecule has 2 N–H and O–H groups in total. The second-order valence-electron chi connectivity index (χ2n) is 4.67. The van der Waals surface area contributed by atoms with Gasteiger partial charge in [-0.3, -0.25) is 14.5 Å². The lowest BCUT2D eigenvalue weighted by Gasteiger charge is -2.23. The first-order valence-electron chi connectivity index (χ1n) is 6.10. The zero-order valence-electron chi connectivity index (χ0n) is 11.2. The molecule has 1 atom stereocenters. The fourth-order valence-electron chi connectivity index (χ4n) is 1.93. The Morgan fingerprint density at radius 2 is 2.00 bits per heavy atom. The molecule has 0 bridgehead atoms. The molecule has 0 radical (unpaired) electrons. The van der Waals surface area contributed by atoms with Gasteiger partial charge in [0.15, 0.2) is 0 Å². The minimum absolute atomic E-state index is 0.389. The molecule has 5 nitrogen and oxygen atoms in total. The third kappa shape index (κ3) is 5.09. The van der Waals surface area contributed by atoms with Crippen LogP contribution in [0.5, 0.6) is 0 Å². The number of hydrogen-bond acceptors (Lipinski definition) is 3. The van der Waals surface area contributed by atoms with Crippen molar-refractivity contribution in [3.8, 4) is 0 Å². The van der Waals surface area contributed by atoms with Crippen LogP contribution in [0.15, 0.2) is 24.3 Å². The van der Waals surface area contributed by atoms with Gasteiger partial charge >= 0.3 is 11.9 Å². The summed E-state index contributed by atoms with van der Waals surface area (Å²) < 4.78 is 0. The molecule has 0 amide bonds. The highest BCUT2D eigenvalue weighted by atomic mass is 16.4. The molecule has 1 aromatic rings. The van der Waals surface area contributed by atoms with E-state index >= 15 is 0 Å². The zero-order valence-corrected chi connectivity index (χ0v) is 11.2. The van der Waals surface area contributed by atoms with Crippen LogP contribution in [0.25, 0.3) is 0 Å². The molecule has 0 aliphatic heterocycles. The molecule has 104 valence electrons. The smallest absolute Gasteiger partial charge is 0.321 e. The van der Waals surface area contributed by atoms with E-state index in [1.165, 1.54) is 0 Å². The van der Waals surface area contributed by atoms with Crippen LogP contribution in [0.3, 0.4) is 0 Å². The summed E-state index contributed by atoms with van der Waals surface area (Å²) in [4.78, 5) is 23.3. The second kappa shape index (κ2) is 6.89. The van der Waals surface area contributed by atoms with Gasteiger partial charge in [-0.05, 0) is 26.0 Å². The third-order valence-corrected chi connectivity index (χ3v) is 3.02. The van der Waals surface area contributed by atoms with Crippen molar-refractivity contribution in [1.82, 2.24) is 4.90 Å². The largest absolute Gasteiger partial charge is 0.481 e. The third-order valence-electron chi connectivity index (χ3n) is 3.02. The molecule has 0 aromatic heterocycles. The topological polar surface area (TPSA) is 77.8 Å². The molecule has 0 aliphatic carbocycles. The Hall–Kier alpha value is -1.88. The number of hydrogen-bond donors (Lipinski definition) is 2. The minimum Gasteiger partial charge on any atom is -0.481 e. The van der Waals surface area contributed by atoms with E-state index in [4.69, 9.17) is 10.2 Å². The quantitative estimate of drug-likeness (QED) is 0.779. The highest BCUT2D eigenvalue weighted by molar-refractivity contribution is 5.80. The summed E-state index contributed by atoms with van der Waals surface area (Å²) in [5.41, 5.74) is 2.27. The number of rotatable bonds is 7. The van der Waals surface area contributed by atoms with E-state index in [-0.39, 0.29) is 6.42 Å². The van der Waals surface area contributed by atoms with Gasteiger partial charge in [0.2, 0.25) is 0 Å². The molecular weight excluding hydrogens is 246 g/mol. The van der Waals surface area contributed by atoms with E-state index in [9.17, 15) is 9.59 Å².